The third kappa shape index (κ3) is 17.2. The summed E-state index contributed by atoms with van der Waals surface area (Å²) < 4.78 is 0. The van der Waals surface area contributed by atoms with Crippen LogP contribution in [-0.4, -0.2) is 10.7 Å². The molecule has 1 unspecified atom stereocenters. The van der Waals surface area contributed by atoms with Gasteiger partial charge in [0.05, 0.1) is 0 Å². The smallest absolute Gasteiger partial charge is 0.00569 e. The maximum atomic E-state index is 3.37. The third-order valence-electron chi connectivity index (χ3n) is 1.65. The molecule has 76 valence electrons. The second-order valence-electron chi connectivity index (χ2n) is 3.54. The van der Waals surface area contributed by atoms with Gasteiger partial charge in [-0.1, -0.05) is 66.0 Å². The van der Waals surface area contributed by atoms with E-state index in [9.17, 15) is 0 Å². The zero-order valence-electron chi connectivity index (χ0n) is 8.74. The summed E-state index contributed by atoms with van der Waals surface area (Å²) in [6.45, 7) is 8.88. The van der Waals surface area contributed by atoms with E-state index in [-0.39, 0.29) is 0 Å². The van der Waals surface area contributed by atoms with Gasteiger partial charge in [0.2, 0.25) is 0 Å². The Balaban J connectivity index is 0. The minimum Gasteiger partial charge on any atom is -0.0928 e. The molecule has 0 aromatic carbocycles. The molecule has 0 saturated heterocycles. The molecule has 12 heavy (non-hydrogen) atoms. The lowest BCUT2D eigenvalue weighted by Gasteiger charge is -1.97. The molecule has 0 fully saturated rings. The van der Waals surface area contributed by atoms with Gasteiger partial charge in [-0.3, -0.25) is 0 Å². The van der Waals surface area contributed by atoms with Gasteiger partial charge in [-0.05, 0) is 18.3 Å². The van der Waals surface area contributed by atoms with Crippen LogP contribution in [0.4, 0.5) is 0 Å². The summed E-state index contributed by atoms with van der Waals surface area (Å²) in [4.78, 5) is 0. The van der Waals surface area contributed by atoms with Crippen molar-refractivity contribution < 1.29 is 0 Å². The van der Waals surface area contributed by atoms with Crippen molar-refractivity contribution in [3.8, 4) is 0 Å². The zero-order chi connectivity index (χ0) is 9.98. The SMILES string of the molecule is CC(C)CCBr.CCC(C)CBr. The van der Waals surface area contributed by atoms with Gasteiger partial charge < -0.3 is 0 Å². The average Bonchev–Trinajstić information content (AvgIpc) is 2.04. The van der Waals surface area contributed by atoms with Crippen LogP contribution < -0.4 is 0 Å². The van der Waals surface area contributed by atoms with Crippen LogP contribution >= 0.6 is 31.9 Å². The Labute approximate surface area is 94.8 Å². The molecular weight excluding hydrogens is 280 g/mol. The second kappa shape index (κ2) is 12.0. The van der Waals surface area contributed by atoms with E-state index in [1.807, 2.05) is 0 Å². The van der Waals surface area contributed by atoms with Crippen molar-refractivity contribution in [1.29, 1.82) is 0 Å². The highest BCUT2D eigenvalue weighted by molar-refractivity contribution is 9.09. The van der Waals surface area contributed by atoms with Crippen molar-refractivity contribution in [3.05, 3.63) is 0 Å². The molecule has 0 aliphatic carbocycles. The molecule has 0 amide bonds. The first-order chi connectivity index (χ1) is 5.58. The summed E-state index contributed by atoms with van der Waals surface area (Å²) in [7, 11) is 0. The van der Waals surface area contributed by atoms with Crippen LogP contribution in [0.1, 0.15) is 40.5 Å². The van der Waals surface area contributed by atoms with Crippen molar-refractivity contribution in [2.75, 3.05) is 10.7 Å². The molecule has 0 radical (unpaired) electrons. The van der Waals surface area contributed by atoms with Gasteiger partial charge in [-0.2, -0.15) is 0 Å². The van der Waals surface area contributed by atoms with Crippen molar-refractivity contribution in [1.82, 2.24) is 0 Å². The van der Waals surface area contributed by atoms with Crippen molar-refractivity contribution >= 4 is 31.9 Å². The van der Waals surface area contributed by atoms with Gasteiger partial charge in [0.1, 0.15) is 0 Å². The van der Waals surface area contributed by atoms with E-state index >= 15 is 0 Å². The predicted octanol–water partition coefficient (Wildman–Crippen LogP) is 4.85. The Morgan fingerprint density at radius 1 is 1.08 bits per heavy atom. The number of hydrogen-bond donors (Lipinski definition) is 0. The van der Waals surface area contributed by atoms with Gasteiger partial charge in [0, 0.05) is 10.7 Å². The summed E-state index contributed by atoms with van der Waals surface area (Å²) in [5.41, 5.74) is 0. The molecule has 2 heteroatoms. The Morgan fingerprint density at radius 3 is 1.58 bits per heavy atom. The maximum absolute atomic E-state index is 3.37. The van der Waals surface area contributed by atoms with Crippen molar-refractivity contribution in [3.63, 3.8) is 0 Å². The minimum absolute atomic E-state index is 0.851. The highest BCUT2D eigenvalue weighted by Gasteiger charge is 1.90. The first-order valence-corrected chi connectivity index (χ1v) is 6.94. The largest absolute Gasteiger partial charge is 0.0928 e. The maximum Gasteiger partial charge on any atom is 0.00569 e. The molecule has 0 aromatic heterocycles. The quantitative estimate of drug-likeness (QED) is 0.651. The van der Waals surface area contributed by atoms with Gasteiger partial charge in [0.25, 0.3) is 0 Å². The van der Waals surface area contributed by atoms with E-state index in [0.29, 0.717) is 0 Å². The van der Waals surface area contributed by atoms with Gasteiger partial charge in [0.15, 0.2) is 0 Å². The highest BCUT2D eigenvalue weighted by Crippen LogP contribution is 2.02. The first kappa shape index (κ1) is 15.4. The van der Waals surface area contributed by atoms with Crippen molar-refractivity contribution in [2.24, 2.45) is 11.8 Å². The Hall–Kier alpha value is 0.960. The minimum atomic E-state index is 0.851. The average molecular weight is 302 g/mol. The fourth-order valence-corrected chi connectivity index (χ4v) is 1.70. The molecular formula is C10H22Br2. The Morgan fingerprint density at radius 2 is 1.58 bits per heavy atom. The standard InChI is InChI=1S/2C5H11Br/c1-5(2)3-4-6;1-3-5(2)4-6/h2*5H,3-4H2,1-2H3. The third-order valence-corrected chi connectivity index (χ3v) is 3.21. The molecule has 0 nitrogen and oxygen atoms in total. The Bertz CT molecular complexity index is 68.2. The van der Waals surface area contributed by atoms with E-state index in [1.54, 1.807) is 0 Å². The number of rotatable bonds is 4. The van der Waals surface area contributed by atoms with E-state index < -0.39 is 0 Å². The zero-order valence-corrected chi connectivity index (χ0v) is 11.9. The number of halogens is 2. The molecule has 1 atom stereocenters. The molecule has 0 heterocycles. The fourth-order valence-electron chi connectivity index (χ4n) is 0.327. The van der Waals surface area contributed by atoms with Gasteiger partial charge in [-0.15, -0.1) is 0 Å². The summed E-state index contributed by atoms with van der Waals surface area (Å²) in [5, 5.41) is 2.29. The topological polar surface area (TPSA) is 0 Å². The van der Waals surface area contributed by atoms with E-state index in [0.717, 1.165) is 22.5 Å². The van der Waals surface area contributed by atoms with Crippen LogP contribution in [0.2, 0.25) is 0 Å². The normalized spacial score (nSPS) is 12.2. The fraction of sp³-hybridized carbons (Fsp3) is 1.00. The van der Waals surface area contributed by atoms with Crippen molar-refractivity contribution in [2.45, 2.75) is 40.5 Å². The van der Waals surface area contributed by atoms with Crippen LogP contribution in [0.5, 0.6) is 0 Å². The molecule has 0 bridgehead atoms. The van der Waals surface area contributed by atoms with Gasteiger partial charge >= 0.3 is 0 Å². The summed E-state index contributed by atoms with van der Waals surface area (Å²) in [6, 6.07) is 0. The molecule has 0 aromatic rings. The van der Waals surface area contributed by atoms with Gasteiger partial charge in [-0.25, -0.2) is 0 Å². The molecule has 0 spiro atoms. The molecule has 0 N–H and O–H groups in total. The van der Waals surface area contributed by atoms with Crippen LogP contribution in [-0.2, 0) is 0 Å². The summed E-state index contributed by atoms with van der Waals surface area (Å²) >= 11 is 6.72. The number of hydrogen-bond acceptors (Lipinski definition) is 0. The molecule has 0 saturated carbocycles. The molecule has 0 aliphatic heterocycles. The lowest BCUT2D eigenvalue weighted by molar-refractivity contribution is 0.634. The molecule has 0 aliphatic rings. The summed E-state index contributed by atoms with van der Waals surface area (Å²) in [6.07, 6.45) is 2.57. The van der Waals surface area contributed by atoms with E-state index in [2.05, 4.69) is 59.6 Å². The monoisotopic (exact) mass is 300 g/mol. The van der Waals surface area contributed by atoms with Crippen LogP contribution in [0, 0.1) is 11.8 Å². The Kier molecular flexibility index (Phi) is 15.4. The highest BCUT2D eigenvalue weighted by atomic mass is 79.9. The van der Waals surface area contributed by atoms with Crippen LogP contribution in [0.3, 0.4) is 0 Å². The molecule has 0 rings (SSSR count). The first-order valence-electron chi connectivity index (χ1n) is 4.70. The lowest BCUT2D eigenvalue weighted by atomic mass is 10.2. The summed E-state index contributed by atoms with van der Waals surface area (Å²) in [5.74, 6) is 1.70. The predicted molar refractivity (Wildman–Crippen MR) is 66.5 cm³/mol. The van der Waals surface area contributed by atoms with Crippen LogP contribution in [0.25, 0.3) is 0 Å². The van der Waals surface area contributed by atoms with E-state index in [4.69, 9.17) is 0 Å². The van der Waals surface area contributed by atoms with Crippen LogP contribution in [0.15, 0.2) is 0 Å². The number of alkyl halides is 2. The van der Waals surface area contributed by atoms with E-state index in [1.165, 1.54) is 12.8 Å². The lowest BCUT2D eigenvalue weighted by Crippen LogP contribution is -1.89. The second-order valence-corrected chi connectivity index (χ2v) is 4.98.